The van der Waals surface area contributed by atoms with Crippen molar-refractivity contribution in [1.82, 2.24) is 4.98 Å². The van der Waals surface area contributed by atoms with Gasteiger partial charge in [-0.1, -0.05) is 28.1 Å². The summed E-state index contributed by atoms with van der Waals surface area (Å²) in [5.74, 6) is -1.50. The Morgan fingerprint density at radius 1 is 1.04 bits per heavy atom. The van der Waals surface area contributed by atoms with E-state index in [9.17, 15) is 14.4 Å². The minimum absolute atomic E-state index is 0.213. The molecule has 0 atom stereocenters. The second kappa shape index (κ2) is 8.11. The Labute approximate surface area is 153 Å². The first kappa shape index (κ1) is 18.9. The molecular formula is C18H18BrNO5. The number of Topliss-reactive ketones (excluding diaryl/α,β-unsaturated/α-hetero) is 1. The molecular weight excluding hydrogens is 390 g/mol. The van der Waals surface area contributed by atoms with E-state index in [-0.39, 0.29) is 30.3 Å². The van der Waals surface area contributed by atoms with Crippen molar-refractivity contribution in [3.63, 3.8) is 0 Å². The molecule has 7 heteroatoms. The number of carbonyl (C=O) groups excluding carboxylic acids is 3. The smallest absolute Gasteiger partial charge is 0.355 e. The summed E-state index contributed by atoms with van der Waals surface area (Å²) in [7, 11) is 0. The molecule has 1 aromatic carbocycles. The molecule has 132 valence electrons. The first-order chi connectivity index (χ1) is 11.8. The summed E-state index contributed by atoms with van der Waals surface area (Å²) >= 11 is 3.29. The highest BCUT2D eigenvalue weighted by atomic mass is 79.9. The van der Waals surface area contributed by atoms with Crippen LogP contribution in [0.1, 0.15) is 49.4 Å². The van der Waals surface area contributed by atoms with Gasteiger partial charge in [0.2, 0.25) is 0 Å². The lowest BCUT2D eigenvalue weighted by Crippen LogP contribution is -2.15. The number of benzene rings is 1. The lowest BCUT2D eigenvalue weighted by molar-refractivity contribution is 0.0473. The molecule has 2 aromatic rings. The number of rotatable bonds is 6. The van der Waals surface area contributed by atoms with E-state index in [2.05, 4.69) is 20.9 Å². The van der Waals surface area contributed by atoms with Gasteiger partial charge in [-0.15, -0.1) is 0 Å². The minimum Gasteiger partial charge on any atom is -0.461 e. The second-order valence-electron chi connectivity index (χ2n) is 5.35. The van der Waals surface area contributed by atoms with Gasteiger partial charge in [-0.05, 0) is 38.5 Å². The Balaban J connectivity index is 2.09. The van der Waals surface area contributed by atoms with Gasteiger partial charge in [0.15, 0.2) is 12.4 Å². The Hall–Kier alpha value is -2.41. The van der Waals surface area contributed by atoms with Crippen LogP contribution in [0.4, 0.5) is 0 Å². The summed E-state index contributed by atoms with van der Waals surface area (Å²) in [5, 5.41) is 0. The van der Waals surface area contributed by atoms with Crippen LogP contribution in [0.2, 0.25) is 0 Å². The summed E-state index contributed by atoms with van der Waals surface area (Å²) in [5.41, 5.74) is 1.83. The highest BCUT2D eigenvalue weighted by molar-refractivity contribution is 9.10. The normalized spacial score (nSPS) is 10.4. The third-order valence-corrected chi connectivity index (χ3v) is 4.15. The zero-order valence-electron chi connectivity index (χ0n) is 14.1. The van der Waals surface area contributed by atoms with Crippen molar-refractivity contribution in [2.75, 3.05) is 13.2 Å². The quantitative estimate of drug-likeness (QED) is 0.583. The van der Waals surface area contributed by atoms with Crippen LogP contribution in [0.3, 0.4) is 0 Å². The van der Waals surface area contributed by atoms with Gasteiger partial charge in [-0.2, -0.15) is 0 Å². The van der Waals surface area contributed by atoms with Crippen molar-refractivity contribution in [2.45, 2.75) is 20.8 Å². The van der Waals surface area contributed by atoms with Gasteiger partial charge >= 0.3 is 11.9 Å². The lowest BCUT2D eigenvalue weighted by atomic mass is 10.1. The van der Waals surface area contributed by atoms with Crippen LogP contribution in [0.15, 0.2) is 28.7 Å². The van der Waals surface area contributed by atoms with Crippen LogP contribution in [-0.2, 0) is 9.47 Å². The third-order valence-electron chi connectivity index (χ3n) is 3.62. The zero-order chi connectivity index (χ0) is 18.6. The zero-order valence-corrected chi connectivity index (χ0v) is 15.7. The number of ketones is 1. The van der Waals surface area contributed by atoms with Gasteiger partial charge in [0.25, 0.3) is 0 Å². The number of esters is 2. The fourth-order valence-corrected chi connectivity index (χ4v) is 2.65. The summed E-state index contributed by atoms with van der Waals surface area (Å²) in [6.07, 6.45) is 0. The van der Waals surface area contributed by atoms with E-state index >= 15 is 0 Å². The fourth-order valence-electron chi connectivity index (χ4n) is 2.39. The van der Waals surface area contributed by atoms with Gasteiger partial charge in [-0.25, -0.2) is 9.59 Å². The maximum absolute atomic E-state index is 12.3. The largest absolute Gasteiger partial charge is 0.461 e. The molecule has 2 rings (SSSR count). The van der Waals surface area contributed by atoms with Gasteiger partial charge in [-0.3, -0.25) is 4.79 Å². The molecule has 0 saturated heterocycles. The van der Waals surface area contributed by atoms with Crippen LogP contribution in [0.5, 0.6) is 0 Å². The highest BCUT2D eigenvalue weighted by Crippen LogP contribution is 2.20. The number of hydrogen-bond acceptors (Lipinski definition) is 5. The number of H-pyrrole nitrogens is 1. The molecule has 0 unspecified atom stereocenters. The average Bonchev–Trinajstić information content (AvgIpc) is 2.88. The summed E-state index contributed by atoms with van der Waals surface area (Å²) in [4.78, 5) is 39.1. The standard InChI is InChI=1S/C18H18BrNO5/c1-4-24-18(23)16-10(2)15(11(3)20-16)17(22)25-9-14(21)12-5-7-13(19)8-6-12/h5-8,20H,4,9H2,1-3H3. The van der Waals surface area contributed by atoms with E-state index in [0.717, 1.165) is 4.47 Å². The summed E-state index contributed by atoms with van der Waals surface area (Å²) in [6, 6.07) is 6.76. The van der Waals surface area contributed by atoms with Crippen LogP contribution < -0.4 is 0 Å². The van der Waals surface area contributed by atoms with E-state index < -0.39 is 11.9 Å². The van der Waals surface area contributed by atoms with Gasteiger partial charge in [0.1, 0.15) is 5.69 Å². The van der Waals surface area contributed by atoms with Crippen LogP contribution >= 0.6 is 15.9 Å². The van der Waals surface area contributed by atoms with Crippen LogP contribution in [-0.4, -0.2) is 35.9 Å². The lowest BCUT2D eigenvalue weighted by Gasteiger charge is -2.06. The maximum Gasteiger partial charge on any atom is 0.355 e. The first-order valence-electron chi connectivity index (χ1n) is 7.67. The van der Waals surface area contributed by atoms with Crippen molar-refractivity contribution in [3.05, 3.63) is 56.8 Å². The monoisotopic (exact) mass is 407 g/mol. The molecule has 0 spiro atoms. The number of aromatic nitrogens is 1. The molecule has 0 bridgehead atoms. The molecule has 0 radical (unpaired) electrons. The van der Waals surface area contributed by atoms with Crippen molar-refractivity contribution in [1.29, 1.82) is 0 Å². The fraction of sp³-hybridized carbons (Fsp3) is 0.278. The van der Waals surface area contributed by atoms with E-state index in [1.54, 1.807) is 45.0 Å². The molecule has 6 nitrogen and oxygen atoms in total. The van der Waals surface area contributed by atoms with Crippen molar-refractivity contribution < 1.29 is 23.9 Å². The molecule has 1 aromatic heterocycles. The average molecular weight is 408 g/mol. The highest BCUT2D eigenvalue weighted by Gasteiger charge is 2.24. The predicted molar refractivity (Wildman–Crippen MR) is 95.0 cm³/mol. The molecule has 0 aliphatic rings. The Morgan fingerprint density at radius 2 is 1.68 bits per heavy atom. The predicted octanol–water partition coefficient (Wildman–Crippen LogP) is 3.61. The SMILES string of the molecule is CCOC(=O)c1[nH]c(C)c(C(=O)OCC(=O)c2ccc(Br)cc2)c1C. The van der Waals surface area contributed by atoms with Gasteiger partial charge < -0.3 is 14.5 Å². The molecule has 1 heterocycles. The molecule has 25 heavy (non-hydrogen) atoms. The summed E-state index contributed by atoms with van der Waals surface area (Å²) in [6.45, 7) is 4.84. The van der Waals surface area contributed by atoms with E-state index in [1.807, 2.05) is 0 Å². The second-order valence-corrected chi connectivity index (χ2v) is 6.27. The third kappa shape index (κ3) is 4.36. The number of nitrogens with one attached hydrogen (secondary N) is 1. The number of ether oxygens (including phenoxy) is 2. The molecule has 1 N–H and O–H groups in total. The number of hydrogen-bond donors (Lipinski definition) is 1. The minimum atomic E-state index is -0.660. The topological polar surface area (TPSA) is 85.5 Å². The Bertz CT molecular complexity index is 808. The van der Waals surface area contributed by atoms with Crippen LogP contribution in [0.25, 0.3) is 0 Å². The molecule has 0 amide bonds. The van der Waals surface area contributed by atoms with Crippen molar-refractivity contribution >= 4 is 33.7 Å². The number of aryl methyl sites for hydroxylation is 1. The van der Waals surface area contributed by atoms with Crippen molar-refractivity contribution in [3.8, 4) is 0 Å². The molecule has 0 fully saturated rings. The van der Waals surface area contributed by atoms with Crippen LogP contribution in [0, 0.1) is 13.8 Å². The van der Waals surface area contributed by atoms with E-state index in [1.165, 1.54) is 0 Å². The van der Waals surface area contributed by atoms with Crippen molar-refractivity contribution in [2.24, 2.45) is 0 Å². The number of carbonyl (C=O) groups is 3. The van der Waals surface area contributed by atoms with Gasteiger partial charge in [0, 0.05) is 15.7 Å². The maximum atomic E-state index is 12.3. The van der Waals surface area contributed by atoms with E-state index in [0.29, 0.717) is 16.8 Å². The summed E-state index contributed by atoms with van der Waals surface area (Å²) < 4.78 is 10.9. The Kier molecular flexibility index (Phi) is 6.14. The molecule has 0 aliphatic heterocycles. The van der Waals surface area contributed by atoms with E-state index in [4.69, 9.17) is 9.47 Å². The Morgan fingerprint density at radius 3 is 2.28 bits per heavy atom. The molecule has 0 aliphatic carbocycles. The number of aromatic amines is 1. The number of halogens is 1. The first-order valence-corrected chi connectivity index (χ1v) is 8.46. The molecule has 0 saturated carbocycles. The van der Waals surface area contributed by atoms with Gasteiger partial charge in [0.05, 0.1) is 12.2 Å².